The van der Waals surface area contributed by atoms with Gasteiger partial charge >= 0.3 is 0 Å². The minimum absolute atomic E-state index is 0.0330. The van der Waals surface area contributed by atoms with Crippen molar-refractivity contribution in [2.45, 2.75) is 57.1 Å². The van der Waals surface area contributed by atoms with E-state index in [1.165, 1.54) is 12.8 Å². The van der Waals surface area contributed by atoms with Gasteiger partial charge in [0.1, 0.15) is 0 Å². The molecule has 0 radical (unpaired) electrons. The predicted octanol–water partition coefficient (Wildman–Crippen LogP) is 1.06. The van der Waals surface area contributed by atoms with Gasteiger partial charge in [-0.05, 0) is 39.3 Å². The number of carbonyl (C=O) groups excluding carboxylic acids is 2. The highest BCUT2D eigenvalue weighted by Crippen LogP contribution is 2.52. The van der Waals surface area contributed by atoms with E-state index in [2.05, 4.69) is 17.1 Å². The van der Waals surface area contributed by atoms with E-state index in [1.54, 1.807) is 30.5 Å². The molecule has 0 unspecified atom stereocenters. The number of fused-ring (bicyclic) bond motifs is 1. The van der Waals surface area contributed by atoms with Crippen molar-refractivity contribution >= 4 is 23.5 Å². The molecule has 150 valence electrons. The lowest BCUT2D eigenvalue weighted by molar-refractivity contribution is -0.160. The van der Waals surface area contributed by atoms with Crippen molar-refractivity contribution in [2.24, 2.45) is 17.8 Å². The van der Waals surface area contributed by atoms with Crippen LogP contribution in [0.4, 0.5) is 0 Å². The monoisotopic (exact) mass is 393 g/mol. The molecule has 7 heteroatoms. The van der Waals surface area contributed by atoms with E-state index in [4.69, 9.17) is 0 Å². The molecule has 4 aliphatic rings. The van der Waals surface area contributed by atoms with Gasteiger partial charge in [0, 0.05) is 42.1 Å². The Labute approximate surface area is 165 Å². The first kappa shape index (κ1) is 19.4. The molecule has 3 aliphatic heterocycles. The molecule has 4 atom stereocenters. The van der Waals surface area contributed by atoms with Crippen LogP contribution in [0.2, 0.25) is 0 Å². The lowest BCUT2D eigenvalue weighted by Crippen LogP contribution is -2.63. The molecular formula is C20H31N3O3S. The second-order valence-corrected chi connectivity index (χ2v) is 10.1. The van der Waals surface area contributed by atoms with Crippen molar-refractivity contribution in [3.05, 3.63) is 10.6 Å². The summed E-state index contributed by atoms with van der Waals surface area (Å²) in [6, 6.07) is 0.674. The van der Waals surface area contributed by atoms with Crippen LogP contribution in [0.25, 0.3) is 0 Å². The molecule has 0 aromatic carbocycles. The van der Waals surface area contributed by atoms with Gasteiger partial charge in [0.2, 0.25) is 5.91 Å². The van der Waals surface area contributed by atoms with Gasteiger partial charge in [-0.15, -0.1) is 11.8 Å². The summed E-state index contributed by atoms with van der Waals surface area (Å²) in [5.74, 6) is 0.450. The summed E-state index contributed by atoms with van der Waals surface area (Å²) in [4.78, 5) is 30.1. The van der Waals surface area contributed by atoms with Gasteiger partial charge in [-0.3, -0.25) is 14.5 Å². The van der Waals surface area contributed by atoms with Crippen LogP contribution in [0.1, 0.15) is 33.6 Å². The lowest BCUT2D eigenvalue weighted by Gasteiger charge is -2.50. The molecule has 1 aliphatic carbocycles. The Morgan fingerprint density at radius 1 is 1.37 bits per heavy atom. The van der Waals surface area contributed by atoms with E-state index in [0.29, 0.717) is 10.9 Å². The van der Waals surface area contributed by atoms with Gasteiger partial charge in [0.05, 0.1) is 23.8 Å². The fourth-order valence-corrected chi connectivity index (χ4v) is 6.89. The van der Waals surface area contributed by atoms with Crippen LogP contribution in [0.15, 0.2) is 10.6 Å². The van der Waals surface area contributed by atoms with Crippen molar-refractivity contribution < 1.29 is 14.7 Å². The molecule has 0 spiro atoms. The van der Waals surface area contributed by atoms with Crippen LogP contribution < -0.4 is 5.32 Å². The third-order valence-corrected chi connectivity index (χ3v) is 8.28. The normalized spacial score (nSPS) is 37.6. The zero-order chi connectivity index (χ0) is 19.5. The van der Waals surface area contributed by atoms with Crippen LogP contribution in [0, 0.1) is 17.8 Å². The number of aliphatic hydroxyl groups excluding tert-OH is 1. The van der Waals surface area contributed by atoms with Crippen LogP contribution in [0.3, 0.4) is 0 Å². The number of amides is 1. The third-order valence-electron chi connectivity index (χ3n) is 6.83. The van der Waals surface area contributed by atoms with E-state index in [9.17, 15) is 14.7 Å². The molecule has 0 aromatic rings. The summed E-state index contributed by atoms with van der Waals surface area (Å²) in [6.07, 6.45) is 1.91. The number of aliphatic hydroxyl groups is 1. The molecule has 6 nitrogen and oxygen atoms in total. The zero-order valence-corrected chi connectivity index (χ0v) is 17.5. The number of nitrogens with zero attached hydrogens (tertiary/aromatic N) is 2. The molecule has 4 rings (SSSR count). The van der Waals surface area contributed by atoms with E-state index in [-0.39, 0.29) is 29.6 Å². The fraction of sp³-hybridized carbons (Fsp3) is 0.800. The maximum absolute atomic E-state index is 12.5. The number of hydrogen-bond acceptors (Lipinski definition) is 6. The van der Waals surface area contributed by atoms with Crippen LogP contribution >= 0.6 is 11.8 Å². The van der Waals surface area contributed by atoms with Crippen molar-refractivity contribution in [3.63, 3.8) is 0 Å². The molecule has 3 fully saturated rings. The zero-order valence-electron chi connectivity index (χ0n) is 16.6. The average molecular weight is 394 g/mol. The first-order valence-electron chi connectivity index (χ1n) is 10.1. The summed E-state index contributed by atoms with van der Waals surface area (Å²) < 4.78 is 0. The SMILES string of the molecule is CNC[C@H]1C[C@@H](N2CC(SC3=C(C(C)=O)N4C(=O)[C@H]([C@@H](C)O)[C@H]4[C@H]3C)C2)C1. The second-order valence-electron chi connectivity index (χ2n) is 8.77. The third kappa shape index (κ3) is 3.07. The maximum Gasteiger partial charge on any atom is 0.235 e. The molecular weight excluding hydrogens is 362 g/mol. The Morgan fingerprint density at radius 2 is 2.04 bits per heavy atom. The van der Waals surface area contributed by atoms with E-state index < -0.39 is 6.10 Å². The highest BCUT2D eigenvalue weighted by molar-refractivity contribution is 8.03. The quantitative estimate of drug-likeness (QED) is 0.630. The van der Waals surface area contributed by atoms with Crippen LogP contribution in [0.5, 0.6) is 0 Å². The van der Waals surface area contributed by atoms with Gasteiger partial charge in [-0.1, -0.05) is 6.92 Å². The van der Waals surface area contributed by atoms with Crippen LogP contribution in [-0.2, 0) is 9.59 Å². The van der Waals surface area contributed by atoms with Crippen molar-refractivity contribution in [3.8, 4) is 0 Å². The molecule has 3 heterocycles. The largest absolute Gasteiger partial charge is 0.393 e. The number of thioether (sulfide) groups is 1. The molecule has 2 N–H and O–H groups in total. The number of β-lactam (4-membered cyclic amide) rings is 1. The standard InChI is InChI=1S/C20H31N3O3S/c1-10-17-16(11(2)24)20(26)23(17)18(12(3)25)19(10)27-15-8-22(9-15)14-5-13(6-14)7-21-4/h10-11,13-17,21,24H,5-9H2,1-4H3/t10-,11-,13-,14+,16-,17-/m1/s1. The fourth-order valence-electron chi connectivity index (χ4n) is 5.29. The van der Waals surface area contributed by atoms with Crippen LogP contribution in [-0.4, -0.2) is 76.7 Å². The van der Waals surface area contributed by atoms with Gasteiger partial charge in [-0.2, -0.15) is 0 Å². The molecule has 1 amide bonds. The van der Waals surface area contributed by atoms with Gasteiger partial charge in [0.25, 0.3) is 0 Å². The number of likely N-dealkylation sites (tertiary alicyclic amines) is 1. The van der Waals surface area contributed by atoms with E-state index >= 15 is 0 Å². The molecule has 2 saturated heterocycles. The summed E-state index contributed by atoms with van der Waals surface area (Å²) in [6.45, 7) is 8.59. The second kappa shape index (κ2) is 7.17. The molecule has 1 saturated carbocycles. The number of ketones is 1. The first-order valence-corrected chi connectivity index (χ1v) is 11.0. The number of carbonyl (C=O) groups is 2. The maximum atomic E-state index is 12.5. The van der Waals surface area contributed by atoms with Gasteiger partial charge in [-0.25, -0.2) is 0 Å². The predicted molar refractivity (Wildman–Crippen MR) is 106 cm³/mol. The van der Waals surface area contributed by atoms with Gasteiger partial charge < -0.3 is 15.3 Å². The van der Waals surface area contributed by atoms with Crippen molar-refractivity contribution in [1.29, 1.82) is 0 Å². The van der Waals surface area contributed by atoms with Gasteiger partial charge in [0.15, 0.2) is 5.78 Å². The van der Waals surface area contributed by atoms with E-state index in [1.807, 2.05) is 7.05 Å². The smallest absolute Gasteiger partial charge is 0.235 e. The number of allylic oxidation sites excluding steroid dienone is 1. The van der Waals surface area contributed by atoms with Crippen molar-refractivity contribution in [1.82, 2.24) is 15.1 Å². The number of nitrogens with one attached hydrogen (secondary N) is 1. The Kier molecular flexibility index (Phi) is 5.16. The molecule has 0 bridgehead atoms. The Balaban J connectivity index is 1.38. The highest BCUT2D eigenvalue weighted by atomic mass is 32.2. The first-order chi connectivity index (χ1) is 12.8. The number of hydrogen-bond donors (Lipinski definition) is 2. The summed E-state index contributed by atoms with van der Waals surface area (Å²) in [7, 11) is 2.02. The highest BCUT2D eigenvalue weighted by Gasteiger charge is 2.59. The summed E-state index contributed by atoms with van der Waals surface area (Å²) in [5, 5.41) is 13.7. The number of rotatable bonds is 7. The number of Topliss-reactive ketones (excluding diaryl/α,β-unsaturated/α-hetero) is 1. The lowest BCUT2D eigenvalue weighted by atomic mass is 9.78. The molecule has 27 heavy (non-hydrogen) atoms. The van der Waals surface area contributed by atoms with Crippen molar-refractivity contribution in [2.75, 3.05) is 26.7 Å². The summed E-state index contributed by atoms with van der Waals surface area (Å²) >= 11 is 1.80. The van der Waals surface area contributed by atoms with E-state index in [0.717, 1.165) is 36.5 Å². The minimum Gasteiger partial charge on any atom is -0.393 e. The topological polar surface area (TPSA) is 72.9 Å². The minimum atomic E-state index is -0.665. The molecule has 0 aromatic heterocycles. The average Bonchev–Trinajstić information content (AvgIpc) is 2.76. The Morgan fingerprint density at radius 3 is 2.59 bits per heavy atom. The Hall–Kier alpha value is -0.890. The Bertz CT molecular complexity index is 667. The summed E-state index contributed by atoms with van der Waals surface area (Å²) in [5.41, 5.74) is 0.593.